The molecule has 3 rings (SSSR count). The van der Waals surface area contributed by atoms with Gasteiger partial charge in [-0.25, -0.2) is 9.78 Å². The van der Waals surface area contributed by atoms with Crippen LogP contribution in [-0.2, 0) is 0 Å². The zero-order valence-corrected chi connectivity index (χ0v) is 11.5. The van der Waals surface area contributed by atoms with Gasteiger partial charge in [0.05, 0.1) is 4.88 Å². The molecular formula is C15H11NO3S. The highest BCUT2D eigenvalue weighted by Gasteiger charge is 2.22. The molecule has 0 saturated heterocycles. The van der Waals surface area contributed by atoms with E-state index in [9.17, 15) is 9.90 Å². The minimum Gasteiger partial charge on any atom is -0.476 e. The lowest BCUT2D eigenvalue weighted by Crippen LogP contribution is -1.98. The number of aromatic nitrogens is 1. The molecule has 0 saturated carbocycles. The first kappa shape index (κ1) is 12.6. The van der Waals surface area contributed by atoms with E-state index in [1.807, 2.05) is 49.4 Å². The number of aromatic carboxylic acids is 1. The highest BCUT2D eigenvalue weighted by Crippen LogP contribution is 2.34. The number of carbonyl (C=O) groups is 1. The quantitative estimate of drug-likeness (QED) is 0.787. The van der Waals surface area contributed by atoms with E-state index in [1.165, 1.54) is 11.3 Å². The number of hydrogen-bond donors (Lipinski definition) is 1. The average Bonchev–Trinajstić information content (AvgIpc) is 3.05. The molecule has 0 unspecified atom stereocenters. The zero-order chi connectivity index (χ0) is 14.1. The first-order valence-corrected chi connectivity index (χ1v) is 6.83. The molecule has 0 aliphatic rings. The Balaban J connectivity index is 2.15. The van der Waals surface area contributed by atoms with E-state index in [0.29, 0.717) is 11.7 Å². The summed E-state index contributed by atoms with van der Waals surface area (Å²) in [5.74, 6) is -0.449. The normalized spacial score (nSPS) is 10.7. The van der Waals surface area contributed by atoms with Gasteiger partial charge >= 0.3 is 5.97 Å². The molecule has 0 bridgehead atoms. The molecule has 1 aromatic carbocycles. The molecule has 0 radical (unpaired) electrons. The number of oxazole rings is 1. The fourth-order valence-electron chi connectivity index (χ4n) is 1.89. The van der Waals surface area contributed by atoms with Crippen LogP contribution in [0.3, 0.4) is 0 Å². The highest BCUT2D eigenvalue weighted by atomic mass is 32.1. The number of hydrogen-bond acceptors (Lipinski definition) is 4. The summed E-state index contributed by atoms with van der Waals surface area (Å²) in [6, 6.07) is 13.0. The molecule has 2 heterocycles. The van der Waals surface area contributed by atoms with Crippen LogP contribution in [0.25, 0.3) is 22.1 Å². The van der Waals surface area contributed by atoms with Crippen molar-refractivity contribution in [2.45, 2.75) is 6.92 Å². The molecule has 0 aliphatic carbocycles. The smallest absolute Gasteiger partial charge is 0.358 e. The lowest BCUT2D eigenvalue weighted by Gasteiger charge is -1.93. The summed E-state index contributed by atoms with van der Waals surface area (Å²) in [6.07, 6.45) is 0. The maximum absolute atomic E-state index is 11.3. The molecule has 2 aromatic heterocycles. The van der Waals surface area contributed by atoms with E-state index in [4.69, 9.17) is 4.42 Å². The van der Waals surface area contributed by atoms with Crippen LogP contribution in [0.2, 0.25) is 0 Å². The number of thiophene rings is 1. The summed E-state index contributed by atoms with van der Waals surface area (Å²) in [7, 11) is 0. The van der Waals surface area contributed by atoms with Gasteiger partial charge in [0, 0.05) is 10.4 Å². The molecular weight excluding hydrogens is 274 g/mol. The summed E-state index contributed by atoms with van der Waals surface area (Å²) in [5.41, 5.74) is 0.709. The highest BCUT2D eigenvalue weighted by molar-refractivity contribution is 7.15. The molecule has 1 N–H and O–H groups in total. The van der Waals surface area contributed by atoms with Crippen LogP contribution in [0.4, 0.5) is 0 Å². The fourth-order valence-corrected chi connectivity index (χ4v) is 2.74. The topological polar surface area (TPSA) is 63.3 Å². The number of benzene rings is 1. The van der Waals surface area contributed by atoms with Crippen LogP contribution in [0.1, 0.15) is 15.4 Å². The molecule has 0 atom stereocenters. The van der Waals surface area contributed by atoms with Gasteiger partial charge in [-0.1, -0.05) is 18.2 Å². The Labute approximate surface area is 119 Å². The third-order valence-corrected chi connectivity index (χ3v) is 3.81. The third-order valence-electron chi connectivity index (χ3n) is 2.81. The fraction of sp³-hybridized carbons (Fsp3) is 0.0667. The van der Waals surface area contributed by atoms with Crippen LogP contribution in [0.5, 0.6) is 0 Å². The van der Waals surface area contributed by atoms with E-state index in [1.54, 1.807) is 0 Å². The van der Waals surface area contributed by atoms with E-state index in [0.717, 1.165) is 15.3 Å². The Morgan fingerprint density at radius 1 is 1.20 bits per heavy atom. The van der Waals surface area contributed by atoms with Crippen LogP contribution >= 0.6 is 11.3 Å². The Hall–Kier alpha value is -2.40. The van der Waals surface area contributed by atoms with Gasteiger partial charge in [0.2, 0.25) is 5.89 Å². The predicted molar refractivity (Wildman–Crippen MR) is 76.9 cm³/mol. The third kappa shape index (κ3) is 2.23. The number of aryl methyl sites for hydroxylation is 1. The van der Waals surface area contributed by atoms with Crippen molar-refractivity contribution < 1.29 is 14.3 Å². The van der Waals surface area contributed by atoms with Crippen molar-refractivity contribution in [3.63, 3.8) is 0 Å². The van der Waals surface area contributed by atoms with E-state index >= 15 is 0 Å². The molecule has 0 spiro atoms. The van der Waals surface area contributed by atoms with Gasteiger partial charge in [0.25, 0.3) is 0 Å². The second-order valence-electron chi connectivity index (χ2n) is 4.28. The lowest BCUT2D eigenvalue weighted by molar-refractivity contribution is 0.0691. The molecule has 5 heteroatoms. The SMILES string of the molecule is Cc1ccc(-c2oc(-c3ccccc3)nc2C(=O)O)s1. The van der Waals surface area contributed by atoms with Crippen LogP contribution in [-0.4, -0.2) is 16.1 Å². The van der Waals surface area contributed by atoms with Gasteiger partial charge in [-0.15, -0.1) is 11.3 Å². The van der Waals surface area contributed by atoms with Gasteiger partial charge in [0.1, 0.15) is 0 Å². The van der Waals surface area contributed by atoms with Gasteiger partial charge in [-0.3, -0.25) is 0 Å². The molecule has 4 nitrogen and oxygen atoms in total. The summed E-state index contributed by atoms with van der Waals surface area (Å²) in [5, 5.41) is 9.28. The molecule has 20 heavy (non-hydrogen) atoms. The van der Waals surface area contributed by atoms with Gasteiger partial charge < -0.3 is 9.52 Å². The average molecular weight is 285 g/mol. The minimum absolute atomic E-state index is 0.0503. The second kappa shape index (κ2) is 4.94. The first-order chi connectivity index (χ1) is 9.65. The van der Waals surface area contributed by atoms with Crippen molar-refractivity contribution in [1.29, 1.82) is 0 Å². The van der Waals surface area contributed by atoms with E-state index < -0.39 is 5.97 Å². The van der Waals surface area contributed by atoms with Crippen molar-refractivity contribution in [1.82, 2.24) is 4.98 Å². The molecule has 0 fully saturated rings. The zero-order valence-electron chi connectivity index (χ0n) is 10.7. The molecule has 3 aromatic rings. The summed E-state index contributed by atoms with van der Waals surface area (Å²) in [6.45, 7) is 1.96. The number of carboxylic acid groups (broad SMARTS) is 1. The lowest BCUT2D eigenvalue weighted by atomic mass is 10.2. The number of rotatable bonds is 3. The van der Waals surface area contributed by atoms with Crippen molar-refractivity contribution in [2.75, 3.05) is 0 Å². The Morgan fingerprint density at radius 2 is 1.95 bits per heavy atom. The maximum Gasteiger partial charge on any atom is 0.358 e. The Morgan fingerprint density at radius 3 is 2.55 bits per heavy atom. The Kier molecular flexibility index (Phi) is 3.12. The predicted octanol–water partition coefficient (Wildman–Crippen LogP) is 4.08. The molecule has 0 aliphatic heterocycles. The standard InChI is InChI=1S/C15H11NO3S/c1-9-7-8-11(20-9)13-12(15(17)18)16-14(19-13)10-5-3-2-4-6-10/h2-8H,1H3,(H,17,18). The van der Waals surface area contributed by atoms with Crippen LogP contribution in [0, 0.1) is 6.92 Å². The molecule has 100 valence electrons. The van der Waals surface area contributed by atoms with Gasteiger partial charge in [-0.05, 0) is 31.2 Å². The maximum atomic E-state index is 11.3. The minimum atomic E-state index is -1.09. The van der Waals surface area contributed by atoms with Crippen molar-refractivity contribution >= 4 is 17.3 Å². The largest absolute Gasteiger partial charge is 0.476 e. The summed E-state index contributed by atoms with van der Waals surface area (Å²) in [4.78, 5) is 17.3. The number of carboxylic acids is 1. The van der Waals surface area contributed by atoms with E-state index in [-0.39, 0.29) is 5.69 Å². The van der Waals surface area contributed by atoms with Crippen LogP contribution in [0.15, 0.2) is 46.9 Å². The summed E-state index contributed by atoms with van der Waals surface area (Å²) >= 11 is 1.48. The van der Waals surface area contributed by atoms with Crippen LogP contribution < -0.4 is 0 Å². The summed E-state index contributed by atoms with van der Waals surface area (Å²) < 4.78 is 5.68. The van der Waals surface area contributed by atoms with Crippen molar-refractivity contribution in [3.8, 4) is 22.1 Å². The van der Waals surface area contributed by atoms with Gasteiger partial charge in [-0.2, -0.15) is 0 Å². The Bertz CT molecular complexity index is 759. The number of nitrogens with zero attached hydrogens (tertiary/aromatic N) is 1. The molecule has 0 amide bonds. The second-order valence-corrected chi connectivity index (χ2v) is 5.57. The van der Waals surface area contributed by atoms with Crippen molar-refractivity contribution in [2.24, 2.45) is 0 Å². The first-order valence-electron chi connectivity index (χ1n) is 6.01. The van der Waals surface area contributed by atoms with Gasteiger partial charge in [0.15, 0.2) is 11.5 Å². The van der Waals surface area contributed by atoms with E-state index in [2.05, 4.69) is 4.98 Å². The monoisotopic (exact) mass is 285 g/mol. The van der Waals surface area contributed by atoms with Crippen molar-refractivity contribution in [3.05, 3.63) is 53.0 Å².